The SMILES string of the molecule is N#CCn1c(-c2ccccc2)nc2sc3c(c2c1=O)C(C(=O)O)CCC3. The van der Waals surface area contributed by atoms with Crippen LogP contribution in [0, 0.1) is 11.3 Å². The molecule has 2 heterocycles. The number of aromatic nitrogens is 2. The first kappa shape index (κ1) is 16.5. The van der Waals surface area contributed by atoms with E-state index in [2.05, 4.69) is 4.98 Å². The zero-order chi connectivity index (χ0) is 18.3. The van der Waals surface area contributed by atoms with Crippen LogP contribution in [0.15, 0.2) is 35.1 Å². The maximum atomic E-state index is 13.2. The second-order valence-corrected chi connectivity index (χ2v) is 7.34. The molecule has 4 rings (SSSR count). The normalized spacial score (nSPS) is 16.2. The molecular formula is C19H15N3O3S. The molecule has 0 spiro atoms. The number of thiophene rings is 1. The number of hydrogen-bond donors (Lipinski definition) is 1. The van der Waals surface area contributed by atoms with Gasteiger partial charge in [0, 0.05) is 10.4 Å². The number of carboxylic acids is 1. The highest BCUT2D eigenvalue weighted by molar-refractivity contribution is 7.18. The number of nitriles is 1. The van der Waals surface area contributed by atoms with Gasteiger partial charge in [-0.2, -0.15) is 5.26 Å². The molecule has 7 heteroatoms. The molecule has 0 amide bonds. The molecule has 1 aliphatic rings. The van der Waals surface area contributed by atoms with Gasteiger partial charge in [-0.1, -0.05) is 30.3 Å². The zero-order valence-electron chi connectivity index (χ0n) is 13.8. The van der Waals surface area contributed by atoms with Crippen LogP contribution in [0.25, 0.3) is 21.6 Å². The van der Waals surface area contributed by atoms with Gasteiger partial charge < -0.3 is 5.11 Å². The molecule has 0 saturated carbocycles. The molecule has 0 radical (unpaired) electrons. The Morgan fingerprint density at radius 2 is 2.15 bits per heavy atom. The average molecular weight is 365 g/mol. The minimum absolute atomic E-state index is 0.131. The van der Waals surface area contributed by atoms with E-state index in [1.807, 2.05) is 36.4 Å². The number of benzene rings is 1. The van der Waals surface area contributed by atoms with Crippen LogP contribution in [0.2, 0.25) is 0 Å². The second-order valence-electron chi connectivity index (χ2n) is 6.25. The third-order valence-corrected chi connectivity index (χ3v) is 5.89. The summed E-state index contributed by atoms with van der Waals surface area (Å²) in [4.78, 5) is 31.0. The molecule has 1 atom stereocenters. The van der Waals surface area contributed by atoms with Crippen LogP contribution in [-0.2, 0) is 17.8 Å². The van der Waals surface area contributed by atoms with Crippen LogP contribution >= 0.6 is 11.3 Å². The van der Waals surface area contributed by atoms with E-state index in [4.69, 9.17) is 0 Å². The smallest absolute Gasteiger partial charge is 0.311 e. The molecule has 1 aromatic carbocycles. The minimum Gasteiger partial charge on any atom is -0.481 e. The Morgan fingerprint density at radius 3 is 2.85 bits per heavy atom. The summed E-state index contributed by atoms with van der Waals surface area (Å²) in [5.41, 5.74) is 1.02. The van der Waals surface area contributed by atoms with Crippen LogP contribution < -0.4 is 5.56 Å². The quantitative estimate of drug-likeness (QED) is 0.769. The molecule has 3 aromatic rings. The summed E-state index contributed by atoms with van der Waals surface area (Å²) in [6.45, 7) is -0.131. The van der Waals surface area contributed by atoms with Gasteiger partial charge in [-0.05, 0) is 24.8 Å². The van der Waals surface area contributed by atoms with Crippen molar-refractivity contribution < 1.29 is 9.90 Å². The van der Waals surface area contributed by atoms with Gasteiger partial charge in [0.25, 0.3) is 5.56 Å². The Balaban J connectivity index is 2.06. The number of carboxylic acid groups (broad SMARTS) is 1. The van der Waals surface area contributed by atoms with E-state index in [9.17, 15) is 20.0 Å². The first-order chi connectivity index (χ1) is 12.6. The molecule has 0 bridgehead atoms. The number of rotatable bonds is 3. The highest BCUT2D eigenvalue weighted by Gasteiger charge is 2.32. The first-order valence-corrected chi connectivity index (χ1v) is 9.14. The molecule has 6 nitrogen and oxygen atoms in total. The fourth-order valence-corrected chi connectivity index (χ4v) is 4.85. The average Bonchev–Trinajstić information content (AvgIpc) is 3.03. The van der Waals surface area contributed by atoms with Crippen molar-refractivity contribution in [2.45, 2.75) is 31.7 Å². The lowest BCUT2D eigenvalue weighted by atomic mass is 9.86. The van der Waals surface area contributed by atoms with Gasteiger partial charge in [-0.25, -0.2) is 4.98 Å². The van der Waals surface area contributed by atoms with Gasteiger partial charge in [-0.15, -0.1) is 11.3 Å². The predicted octanol–water partition coefficient (Wildman–Crippen LogP) is 3.15. The molecule has 1 unspecified atom stereocenters. The maximum absolute atomic E-state index is 13.2. The third-order valence-electron chi connectivity index (χ3n) is 4.73. The molecule has 0 saturated heterocycles. The predicted molar refractivity (Wildman–Crippen MR) is 98.2 cm³/mol. The molecule has 1 aliphatic carbocycles. The lowest BCUT2D eigenvalue weighted by Crippen LogP contribution is -2.25. The van der Waals surface area contributed by atoms with Gasteiger partial charge in [0.2, 0.25) is 0 Å². The van der Waals surface area contributed by atoms with Gasteiger partial charge in [0.05, 0.1) is 17.4 Å². The van der Waals surface area contributed by atoms with Crippen molar-refractivity contribution in [3.8, 4) is 17.5 Å². The largest absolute Gasteiger partial charge is 0.481 e. The summed E-state index contributed by atoms with van der Waals surface area (Å²) in [5.74, 6) is -1.15. The van der Waals surface area contributed by atoms with Crippen molar-refractivity contribution in [3.63, 3.8) is 0 Å². The number of fused-ring (bicyclic) bond motifs is 3. The molecule has 130 valence electrons. The summed E-state index contributed by atoms with van der Waals surface area (Å²) in [7, 11) is 0. The van der Waals surface area contributed by atoms with Gasteiger partial charge in [0.1, 0.15) is 17.2 Å². The molecule has 1 N–H and O–H groups in total. The van der Waals surface area contributed by atoms with Gasteiger partial charge >= 0.3 is 5.97 Å². The first-order valence-electron chi connectivity index (χ1n) is 8.33. The molecular weight excluding hydrogens is 350 g/mol. The lowest BCUT2D eigenvalue weighted by Gasteiger charge is -2.19. The fourth-order valence-electron chi connectivity index (χ4n) is 3.59. The highest BCUT2D eigenvalue weighted by atomic mass is 32.1. The molecule has 0 fully saturated rings. The second kappa shape index (κ2) is 6.39. The summed E-state index contributed by atoms with van der Waals surface area (Å²) in [6.07, 6.45) is 2.07. The van der Waals surface area contributed by atoms with E-state index in [0.717, 1.165) is 23.3 Å². The van der Waals surface area contributed by atoms with Crippen molar-refractivity contribution in [1.29, 1.82) is 5.26 Å². The molecule has 0 aliphatic heterocycles. The Morgan fingerprint density at radius 1 is 1.38 bits per heavy atom. The van der Waals surface area contributed by atoms with Crippen LogP contribution in [0.3, 0.4) is 0 Å². The highest BCUT2D eigenvalue weighted by Crippen LogP contribution is 2.41. The number of hydrogen-bond acceptors (Lipinski definition) is 5. The Bertz CT molecular complexity index is 1110. The summed E-state index contributed by atoms with van der Waals surface area (Å²) in [6, 6.07) is 11.3. The Hall–Kier alpha value is -2.98. The van der Waals surface area contributed by atoms with Crippen LogP contribution in [0.4, 0.5) is 0 Å². The summed E-state index contributed by atoms with van der Waals surface area (Å²) < 4.78 is 1.35. The standard InChI is InChI=1S/C19H15N3O3S/c20-9-10-22-16(11-5-2-1-3-6-11)21-17-15(18(22)23)14-12(19(24)25)7-4-8-13(14)26-17/h1-3,5-6,12H,4,7-8,10H2,(H,24,25). The van der Waals surface area contributed by atoms with Gasteiger partial charge in [0.15, 0.2) is 0 Å². The lowest BCUT2D eigenvalue weighted by molar-refractivity contribution is -0.139. The zero-order valence-corrected chi connectivity index (χ0v) is 14.6. The molecule has 2 aromatic heterocycles. The van der Waals surface area contributed by atoms with E-state index in [1.54, 1.807) is 0 Å². The number of aliphatic carboxylic acids is 1. The van der Waals surface area contributed by atoms with E-state index in [0.29, 0.717) is 28.0 Å². The van der Waals surface area contributed by atoms with E-state index in [-0.39, 0.29) is 12.1 Å². The Kier molecular flexibility index (Phi) is 4.05. The van der Waals surface area contributed by atoms with Crippen molar-refractivity contribution in [3.05, 3.63) is 51.1 Å². The summed E-state index contributed by atoms with van der Waals surface area (Å²) in [5, 5.41) is 19.1. The van der Waals surface area contributed by atoms with Crippen molar-refractivity contribution in [1.82, 2.24) is 9.55 Å². The van der Waals surface area contributed by atoms with Crippen molar-refractivity contribution in [2.24, 2.45) is 0 Å². The fraction of sp³-hybridized carbons (Fsp3) is 0.263. The van der Waals surface area contributed by atoms with Crippen LogP contribution in [0.1, 0.15) is 29.2 Å². The van der Waals surface area contributed by atoms with E-state index < -0.39 is 11.9 Å². The van der Waals surface area contributed by atoms with Crippen molar-refractivity contribution in [2.75, 3.05) is 0 Å². The Labute approximate surface area is 153 Å². The number of carbonyl (C=O) groups is 1. The molecule has 26 heavy (non-hydrogen) atoms. The summed E-state index contributed by atoms with van der Waals surface area (Å²) >= 11 is 1.40. The van der Waals surface area contributed by atoms with E-state index >= 15 is 0 Å². The van der Waals surface area contributed by atoms with E-state index in [1.165, 1.54) is 15.9 Å². The van der Waals surface area contributed by atoms with Crippen molar-refractivity contribution >= 4 is 27.5 Å². The topological polar surface area (TPSA) is 96.0 Å². The third kappa shape index (κ3) is 2.50. The van der Waals surface area contributed by atoms with Crippen LogP contribution in [-0.4, -0.2) is 20.6 Å². The van der Waals surface area contributed by atoms with Gasteiger partial charge in [-0.3, -0.25) is 14.2 Å². The maximum Gasteiger partial charge on any atom is 0.311 e. The van der Waals surface area contributed by atoms with Crippen LogP contribution in [0.5, 0.6) is 0 Å². The monoisotopic (exact) mass is 365 g/mol. The number of aryl methyl sites for hydroxylation is 1. The minimum atomic E-state index is -0.913. The number of nitrogens with zero attached hydrogens (tertiary/aromatic N) is 3.